The highest BCUT2D eigenvalue weighted by molar-refractivity contribution is 6.47. The molecule has 11 heteroatoms. The molecule has 9 nitrogen and oxygen atoms in total. The number of hydrogen-bond donors (Lipinski definition) is 2. The third-order valence-corrected chi connectivity index (χ3v) is 5.65. The Balaban J connectivity index is 1.51. The first-order valence-corrected chi connectivity index (χ1v) is 11.4. The number of fused-ring (bicyclic) bond motifs is 1. The summed E-state index contributed by atoms with van der Waals surface area (Å²) in [5.41, 5.74) is 4.36. The van der Waals surface area contributed by atoms with E-state index in [4.69, 9.17) is 33.2 Å². The number of hydrogen-bond acceptors (Lipinski definition) is 8. The number of imide groups is 1. The van der Waals surface area contributed by atoms with Crippen molar-refractivity contribution in [1.82, 2.24) is 10.3 Å². The van der Waals surface area contributed by atoms with Gasteiger partial charge in [-0.3, -0.25) is 20.5 Å². The number of nitrogens with one attached hydrogen (secondary N) is 2. The number of hydrazone groups is 1. The number of halogens is 2. The monoisotopic (exact) mass is 511 g/mol. The molecular formula is C24H19Cl2N5O4. The predicted octanol–water partition coefficient (Wildman–Crippen LogP) is 5.78. The van der Waals surface area contributed by atoms with E-state index in [9.17, 15) is 9.59 Å². The van der Waals surface area contributed by atoms with E-state index < -0.39 is 17.7 Å². The van der Waals surface area contributed by atoms with Gasteiger partial charge in [-0.15, -0.1) is 0 Å². The van der Waals surface area contributed by atoms with Gasteiger partial charge in [0.2, 0.25) is 5.71 Å². The van der Waals surface area contributed by atoms with Crippen LogP contribution in [-0.2, 0) is 9.53 Å². The van der Waals surface area contributed by atoms with Crippen molar-refractivity contribution in [1.29, 1.82) is 5.26 Å². The van der Waals surface area contributed by atoms with Crippen molar-refractivity contribution in [3.05, 3.63) is 58.2 Å². The molecule has 1 heterocycles. The maximum absolute atomic E-state index is 12.0. The molecule has 1 saturated carbocycles. The van der Waals surface area contributed by atoms with Gasteiger partial charge in [-0.05, 0) is 67.6 Å². The molecule has 1 aliphatic rings. The summed E-state index contributed by atoms with van der Waals surface area (Å²) in [5.74, 6) is 0.315. The lowest BCUT2D eigenvalue weighted by atomic mass is 10.1. The second-order valence-corrected chi connectivity index (χ2v) is 8.40. The van der Waals surface area contributed by atoms with Gasteiger partial charge >= 0.3 is 6.09 Å². The van der Waals surface area contributed by atoms with Crippen LogP contribution in [-0.4, -0.2) is 29.3 Å². The molecule has 1 fully saturated rings. The maximum atomic E-state index is 12.0. The predicted molar refractivity (Wildman–Crippen MR) is 132 cm³/mol. The molecule has 1 aromatic heterocycles. The summed E-state index contributed by atoms with van der Waals surface area (Å²) >= 11 is 12.8. The Morgan fingerprint density at radius 1 is 1.20 bits per heavy atom. The van der Waals surface area contributed by atoms with Crippen LogP contribution in [0.5, 0.6) is 11.5 Å². The van der Waals surface area contributed by atoms with Gasteiger partial charge in [0.05, 0.1) is 27.9 Å². The average Bonchev–Trinajstić information content (AvgIpc) is 3.67. The molecule has 2 amide bonds. The summed E-state index contributed by atoms with van der Waals surface area (Å²) in [4.78, 5) is 27.7. The zero-order valence-electron chi connectivity index (χ0n) is 18.5. The number of nitriles is 1. The molecule has 2 aromatic carbocycles. The first kappa shape index (κ1) is 24.3. The number of carbonyl (C=O) groups excluding carboxylic acids is 2. The Hall–Kier alpha value is -3.87. The zero-order valence-corrected chi connectivity index (χ0v) is 20.0. The molecule has 35 heavy (non-hydrogen) atoms. The number of benzene rings is 2. The summed E-state index contributed by atoms with van der Waals surface area (Å²) < 4.78 is 10.6. The standard InChI is InChI=1S/C24H19Cl2N5O4/c1-2-34-24(33)29-23(32)21(12-27)31-30-14-9-18(25)22(19(26)10-14)35-15-5-6-20-17(11-15)16(7-8-28-20)13-3-4-13/h5-11,13,30H,2-4H2,1H3,(H,29,32,33). The Labute approximate surface area is 210 Å². The highest BCUT2D eigenvalue weighted by Gasteiger charge is 2.25. The van der Waals surface area contributed by atoms with Crippen LogP contribution in [0.15, 0.2) is 47.7 Å². The zero-order chi connectivity index (χ0) is 24.9. The van der Waals surface area contributed by atoms with Gasteiger partial charge in [0, 0.05) is 11.6 Å². The second-order valence-electron chi connectivity index (χ2n) is 7.58. The smallest absolute Gasteiger partial charge is 0.414 e. The lowest BCUT2D eigenvalue weighted by Crippen LogP contribution is -2.36. The first-order chi connectivity index (χ1) is 16.9. The van der Waals surface area contributed by atoms with Crippen molar-refractivity contribution < 1.29 is 19.1 Å². The van der Waals surface area contributed by atoms with Crippen molar-refractivity contribution >= 4 is 57.5 Å². The van der Waals surface area contributed by atoms with Crippen molar-refractivity contribution in [2.45, 2.75) is 25.7 Å². The van der Waals surface area contributed by atoms with E-state index in [-0.39, 0.29) is 22.4 Å². The van der Waals surface area contributed by atoms with E-state index >= 15 is 0 Å². The number of anilines is 1. The molecule has 0 bridgehead atoms. The Bertz CT molecular complexity index is 1360. The highest BCUT2D eigenvalue weighted by atomic mass is 35.5. The van der Waals surface area contributed by atoms with Crippen LogP contribution in [0, 0.1) is 11.3 Å². The fourth-order valence-electron chi connectivity index (χ4n) is 3.37. The van der Waals surface area contributed by atoms with Crippen molar-refractivity contribution in [2.75, 3.05) is 12.0 Å². The van der Waals surface area contributed by atoms with Crippen LogP contribution < -0.4 is 15.5 Å². The first-order valence-electron chi connectivity index (χ1n) is 10.7. The van der Waals surface area contributed by atoms with Crippen LogP contribution in [0.25, 0.3) is 10.9 Å². The second kappa shape index (κ2) is 10.6. The van der Waals surface area contributed by atoms with Gasteiger partial charge < -0.3 is 9.47 Å². The molecule has 0 radical (unpaired) electrons. The van der Waals surface area contributed by atoms with Crippen LogP contribution in [0.4, 0.5) is 10.5 Å². The lowest BCUT2D eigenvalue weighted by Gasteiger charge is -2.13. The van der Waals surface area contributed by atoms with Gasteiger partial charge in [0.25, 0.3) is 5.91 Å². The summed E-state index contributed by atoms with van der Waals surface area (Å²) in [5, 5.41) is 16.1. The minimum absolute atomic E-state index is 0.0690. The normalized spacial score (nSPS) is 13.1. The van der Waals surface area contributed by atoms with E-state index in [0.717, 1.165) is 23.7 Å². The number of rotatable bonds is 7. The van der Waals surface area contributed by atoms with E-state index in [2.05, 4.69) is 20.2 Å². The van der Waals surface area contributed by atoms with Crippen LogP contribution >= 0.6 is 23.2 Å². The largest absolute Gasteiger partial charge is 0.454 e. The lowest BCUT2D eigenvalue weighted by molar-refractivity contribution is -0.114. The van der Waals surface area contributed by atoms with Gasteiger partial charge in [-0.25, -0.2) is 4.79 Å². The Kier molecular flexibility index (Phi) is 7.34. The fraction of sp³-hybridized carbons (Fsp3) is 0.208. The number of aromatic nitrogens is 1. The number of ether oxygens (including phenoxy) is 2. The summed E-state index contributed by atoms with van der Waals surface area (Å²) in [7, 11) is 0. The summed E-state index contributed by atoms with van der Waals surface area (Å²) in [6.45, 7) is 1.65. The topological polar surface area (TPSA) is 126 Å². The minimum atomic E-state index is -1.02. The van der Waals surface area contributed by atoms with Crippen molar-refractivity contribution in [3.63, 3.8) is 0 Å². The molecule has 0 aliphatic heterocycles. The van der Waals surface area contributed by atoms with Crippen LogP contribution in [0.1, 0.15) is 31.2 Å². The molecule has 0 spiro atoms. The van der Waals surface area contributed by atoms with E-state index in [0.29, 0.717) is 17.4 Å². The fourth-order valence-corrected chi connectivity index (χ4v) is 3.93. The molecule has 4 rings (SSSR count). The van der Waals surface area contributed by atoms with E-state index in [1.165, 1.54) is 17.7 Å². The highest BCUT2D eigenvalue weighted by Crippen LogP contribution is 2.44. The van der Waals surface area contributed by atoms with E-state index in [1.807, 2.05) is 29.7 Å². The number of pyridine rings is 1. The molecule has 178 valence electrons. The van der Waals surface area contributed by atoms with Gasteiger partial charge in [-0.2, -0.15) is 10.4 Å². The Morgan fingerprint density at radius 2 is 1.94 bits per heavy atom. The van der Waals surface area contributed by atoms with E-state index in [1.54, 1.807) is 19.1 Å². The van der Waals surface area contributed by atoms with Crippen molar-refractivity contribution in [2.24, 2.45) is 5.10 Å². The maximum Gasteiger partial charge on any atom is 0.414 e. The van der Waals surface area contributed by atoms with Gasteiger partial charge in [0.1, 0.15) is 11.8 Å². The number of carbonyl (C=O) groups is 2. The third kappa shape index (κ3) is 5.80. The van der Waals surface area contributed by atoms with Gasteiger partial charge in [-0.1, -0.05) is 23.2 Å². The summed E-state index contributed by atoms with van der Waals surface area (Å²) in [6, 6.07) is 12.2. The van der Waals surface area contributed by atoms with Crippen LogP contribution in [0.2, 0.25) is 10.0 Å². The number of nitrogens with zero attached hydrogens (tertiary/aromatic N) is 3. The number of alkyl carbamates (subject to hydrolysis) is 1. The van der Waals surface area contributed by atoms with Crippen molar-refractivity contribution in [3.8, 4) is 17.6 Å². The average molecular weight is 512 g/mol. The molecular weight excluding hydrogens is 493 g/mol. The third-order valence-electron chi connectivity index (χ3n) is 5.09. The molecule has 3 aromatic rings. The SMILES string of the molecule is CCOC(=O)NC(=O)C(C#N)=NNc1cc(Cl)c(Oc2ccc3nccc(C4CC4)c3c2)c(Cl)c1. The molecule has 0 atom stereocenters. The quantitative estimate of drug-likeness (QED) is 0.304. The Morgan fingerprint density at radius 3 is 2.60 bits per heavy atom. The molecule has 0 unspecified atom stereocenters. The molecule has 0 saturated heterocycles. The molecule has 1 aliphatic carbocycles. The van der Waals surface area contributed by atoms with Crippen LogP contribution in [0.3, 0.4) is 0 Å². The number of amides is 2. The minimum Gasteiger partial charge on any atom is -0.454 e. The molecule has 2 N–H and O–H groups in total. The van der Waals surface area contributed by atoms with Gasteiger partial charge in [0.15, 0.2) is 5.75 Å². The summed E-state index contributed by atoms with van der Waals surface area (Å²) in [6.07, 6.45) is 3.16.